The molecule has 0 atom stereocenters. The number of nitrogen functional groups attached to an aromatic ring is 1. The molecule has 3 nitrogen and oxygen atoms in total. The fourth-order valence-corrected chi connectivity index (χ4v) is 1.45. The second-order valence-corrected chi connectivity index (χ2v) is 4.08. The van der Waals surface area contributed by atoms with Gasteiger partial charge in [0, 0.05) is 11.4 Å². The van der Waals surface area contributed by atoms with E-state index in [2.05, 4.69) is 0 Å². The van der Waals surface area contributed by atoms with E-state index in [0.717, 1.165) is 6.07 Å². The molecule has 0 saturated carbocycles. The number of hydrogen-bond acceptors (Lipinski definition) is 2. The summed E-state index contributed by atoms with van der Waals surface area (Å²) < 4.78 is 73.9. The zero-order chi connectivity index (χ0) is 15.7. The van der Waals surface area contributed by atoms with Crippen molar-refractivity contribution in [1.82, 2.24) is 0 Å². The van der Waals surface area contributed by atoms with E-state index in [-0.39, 0.29) is 5.69 Å². The molecule has 3 N–H and O–H groups in total. The molecular weight excluding hydrogens is 290 g/mol. The van der Waals surface area contributed by atoms with Crippen LogP contribution in [0.1, 0.15) is 5.56 Å². The van der Waals surface area contributed by atoms with Gasteiger partial charge in [-0.2, -0.15) is 26.3 Å². The topological polar surface area (TPSA) is 55.1 Å². The van der Waals surface area contributed by atoms with Crippen LogP contribution in [0, 0.1) is 12.8 Å². The van der Waals surface area contributed by atoms with E-state index in [1.165, 1.54) is 19.1 Å². The minimum Gasteiger partial charge on any atom is -0.399 e. The lowest BCUT2D eigenvalue weighted by molar-refractivity contribution is -0.272. The van der Waals surface area contributed by atoms with Crippen LogP contribution in [0.4, 0.5) is 37.7 Å². The van der Waals surface area contributed by atoms with Crippen LogP contribution in [0.5, 0.6) is 0 Å². The Morgan fingerprint density at radius 2 is 1.65 bits per heavy atom. The van der Waals surface area contributed by atoms with Gasteiger partial charge in [-0.1, -0.05) is 0 Å². The maximum atomic E-state index is 12.3. The lowest BCUT2D eigenvalue weighted by Crippen LogP contribution is -2.45. The van der Waals surface area contributed by atoms with E-state index in [1.807, 2.05) is 0 Å². The van der Waals surface area contributed by atoms with Crippen LogP contribution in [-0.2, 0) is 4.79 Å². The lowest BCUT2D eigenvalue weighted by atomic mass is 10.1. The maximum Gasteiger partial charge on any atom is 0.409 e. The highest BCUT2D eigenvalue weighted by Gasteiger charge is 2.61. The molecule has 0 unspecified atom stereocenters. The summed E-state index contributed by atoms with van der Waals surface area (Å²) in [5, 5.41) is 1.59. The third kappa shape index (κ3) is 3.78. The first kappa shape index (κ1) is 16.1. The molecule has 0 saturated heterocycles. The van der Waals surface area contributed by atoms with Gasteiger partial charge in [0.2, 0.25) is 11.8 Å². The number of alkyl halides is 6. The normalized spacial score (nSPS) is 12.6. The van der Waals surface area contributed by atoms with Gasteiger partial charge in [-0.15, -0.1) is 0 Å². The van der Waals surface area contributed by atoms with Crippen molar-refractivity contribution in [2.24, 2.45) is 5.92 Å². The molecule has 0 aliphatic rings. The van der Waals surface area contributed by atoms with E-state index in [1.54, 1.807) is 5.32 Å². The fraction of sp³-hybridized carbons (Fsp3) is 0.364. The monoisotopic (exact) mass is 300 g/mol. The van der Waals surface area contributed by atoms with Gasteiger partial charge >= 0.3 is 12.4 Å². The minimum atomic E-state index is -5.72. The summed E-state index contributed by atoms with van der Waals surface area (Å²) in [6.45, 7) is 1.50. The zero-order valence-corrected chi connectivity index (χ0v) is 10.1. The first-order valence-electron chi connectivity index (χ1n) is 5.23. The molecule has 112 valence electrons. The minimum absolute atomic E-state index is 0.194. The molecule has 0 aromatic heterocycles. The van der Waals surface area contributed by atoms with Gasteiger partial charge in [-0.3, -0.25) is 4.79 Å². The Morgan fingerprint density at radius 3 is 2.05 bits per heavy atom. The molecule has 0 heterocycles. The Bertz CT molecular complexity index is 495. The smallest absolute Gasteiger partial charge is 0.399 e. The second kappa shape index (κ2) is 5.22. The molecule has 1 aromatic carbocycles. The Kier molecular flexibility index (Phi) is 4.21. The summed E-state index contributed by atoms with van der Waals surface area (Å²) in [7, 11) is 0. The van der Waals surface area contributed by atoms with Crippen LogP contribution in [-0.4, -0.2) is 18.3 Å². The molecule has 1 aromatic rings. The average molecular weight is 300 g/mol. The molecule has 20 heavy (non-hydrogen) atoms. The van der Waals surface area contributed by atoms with E-state index < -0.39 is 24.2 Å². The summed E-state index contributed by atoms with van der Waals surface area (Å²) in [5.74, 6) is -6.26. The largest absolute Gasteiger partial charge is 0.409 e. The van der Waals surface area contributed by atoms with Crippen LogP contribution in [0.25, 0.3) is 0 Å². The standard InChI is InChI=1S/C11H10F6N2O/c1-5-4-6(2-3-7(5)18)19-9(20)8(10(12,13)14)11(15,16)17/h2-4,8H,18H2,1H3,(H,19,20). The molecule has 0 aliphatic heterocycles. The van der Waals surface area contributed by atoms with Crippen molar-refractivity contribution in [3.8, 4) is 0 Å². The summed E-state index contributed by atoms with van der Waals surface area (Å²) in [6.07, 6.45) is -11.4. The van der Waals surface area contributed by atoms with E-state index in [0.29, 0.717) is 11.3 Å². The van der Waals surface area contributed by atoms with Crippen LogP contribution >= 0.6 is 0 Å². The lowest BCUT2D eigenvalue weighted by Gasteiger charge is -2.22. The molecule has 1 amide bonds. The summed E-state index contributed by atoms with van der Waals surface area (Å²) in [6, 6.07) is 3.56. The van der Waals surface area contributed by atoms with E-state index >= 15 is 0 Å². The molecule has 0 radical (unpaired) electrons. The molecule has 0 bridgehead atoms. The van der Waals surface area contributed by atoms with Gasteiger partial charge in [-0.05, 0) is 30.7 Å². The fourth-order valence-electron chi connectivity index (χ4n) is 1.45. The van der Waals surface area contributed by atoms with Gasteiger partial charge in [0.15, 0.2) is 0 Å². The van der Waals surface area contributed by atoms with Gasteiger partial charge in [0.25, 0.3) is 0 Å². The molecule has 0 fully saturated rings. The number of carbonyl (C=O) groups excluding carboxylic acids is 1. The molecule has 0 spiro atoms. The second-order valence-electron chi connectivity index (χ2n) is 4.08. The Morgan fingerprint density at radius 1 is 1.15 bits per heavy atom. The summed E-state index contributed by atoms with van der Waals surface area (Å²) in [5.41, 5.74) is 5.96. The van der Waals surface area contributed by atoms with E-state index in [4.69, 9.17) is 5.73 Å². The Labute approximate surface area is 109 Å². The van der Waals surface area contributed by atoms with Gasteiger partial charge in [-0.25, -0.2) is 0 Å². The molecular formula is C11H10F6N2O. The third-order valence-corrected chi connectivity index (χ3v) is 2.45. The van der Waals surface area contributed by atoms with E-state index in [9.17, 15) is 31.1 Å². The number of rotatable bonds is 2. The van der Waals surface area contributed by atoms with Crippen LogP contribution in [0.15, 0.2) is 18.2 Å². The molecule has 0 aliphatic carbocycles. The van der Waals surface area contributed by atoms with Crippen molar-refractivity contribution in [1.29, 1.82) is 0 Å². The summed E-state index contributed by atoms with van der Waals surface area (Å²) in [4.78, 5) is 11.2. The maximum absolute atomic E-state index is 12.3. The van der Waals surface area contributed by atoms with Gasteiger partial charge in [0.05, 0.1) is 0 Å². The predicted octanol–water partition coefficient (Wildman–Crippen LogP) is 3.26. The highest BCUT2D eigenvalue weighted by molar-refractivity contribution is 5.93. The van der Waals surface area contributed by atoms with Crippen molar-refractivity contribution in [3.05, 3.63) is 23.8 Å². The van der Waals surface area contributed by atoms with Gasteiger partial charge < -0.3 is 11.1 Å². The number of halogens is 6. The predicted molar refractivity (Wildman–Crippen MR) is 59.8 cm³/mol. The van der Waals surface area contributed by atoms with Crippen LogP contribution < -0.4 is 11.1 Å². The number of benzene rings is 1. The zero-order valence-electron chi connectivity index (χ0n) is 10.1. The third-order valence-electron chi connectivity index (χ3n) is 2.45. The van der Waals surface area contributed by atoms with Gasteiger partial charge in [0.1, 0.15) is 0 Å². The SMILES string of the molecule is Cc1cc(NC(=O)C(C(F)(F)F)C(F)(F)F)ccc1N. The quantitative estimate of drug-likeness (QED) is 0.650. The van der Waals surface area contributed by atoms with Crippen molar-refractivity contribution in [3.63, 3.8) is 0 Å². The average Bonchev–Trinajstić information content (AvgIpc) is 2.18. The Hall–Kier alpha value is -1.93. The number of aryl methyl sites for hydroxylation is 1. The number of nitrogens with two attached hydrogens (primary N) is 1. The summed E-state index contributed by atoms with van der Waals surface area (Å²) >= 11 is 0. The highest BCUT2D eigenvalue weighted by atomic mass is 19.4. The van der Waals surface area contributed by atoms with Crippen molar-refractivity contribution in [2.45, 2.75) is 19.3 Å². The Balaban J connectivity index is 3.00. The number of nitrogens with one attached hydrogen (secondary N) is 1. The van der Waals surface area contributed by atoms with Crippen LogP contribution in [0.3, 0.4) is 0 Å². The van der Waals surface area contributed by atoms with Crippen molar-refractivity contribution in [2.75, 3.05) is 11.1 Å². The van der Waals surface area contributed by atoms with Crippen LogP contribution in [0.2, 0.25) is 0 Å². The van der Waals surface area contributed by atoms with Crippen molar-refractivity contribution >= 4 is 17.3 Å². The number of hydrogen-bond donors (Lipinski definition) is 2. The highest BCUT2D eigenvalue weighted by Crippen LogP contribution is 2.39. The first-order chi connectivity index (χ1) is 8.93. The number of carbonyl (C=O) groups is 1. The number of amides is 1. The number of anilines is 2. The first-order valence-corrected chi connectivity index (χ1v) is 5.23. The molecule has 9 heteroatoms. The molecule has 1 rings (SSSR count). The van der Waals surface area contributed by atoms with Crippen molar-refractivity contribution < 1.29 is 31.1 Å².